The van der Waals surface area contributed by atoms with Gasteiger partial charge in [0.05, 0.1) is 54.4 Å². The molecule has 0 saturated carbocycles. The minimum absolute atomic E-state index is 0. The molecule has 0 N–H and O–H groups in total. The summed E-state index contributed by atoms with van der Waals surface area (Å²) in [5.41, 5.74) is 0. The number of piperazine rings is 2. The fourth-order valence-corrected chi connectivity index (χ4v) is 4.27. The first-order valence-corrected chi connectivity index (χ1v) is 11.5. The zero-order valence-corrected chi connectivity index (χ0v) is 22.4. The van der Waals surface area contributed by atoms with Gasteiger partial charge in [0.2, 0.25) is 0 Å². The highest BCUT2D eigenvalue weighted by atomic mass is 79.9. The Morgan fingerprint density at radius 1 is 0.464 bits per heavy atom. The van der Waals surface area contributed by atoms with E-state index in [4.69, 9.17) is 0 Å². The molecule has 0 aromatic carbocycles. The molecule has 2 saturated heterocycles. The van der Waals surface area contributed by atoms with Gasteiger partial charge in [0, 0.05) is 26.2 Å². The number of quaternary nitrogens is 2. The molecule has 0 aromatic rings. The molecule has 0 atom stereocenters. The molecule has 2 fully saturated rings. The first-order chi connectivity index (χ1) is 12.4. The van der Waals surface area contributed by atoms with Crippen molar-refractivity contribution in [3.05, 3.63) is 0 Å². The molecule has 6 heteroatoms. The summed E-state index contributed by atoms with van der Waals surface area (Å²) in [5, 5.41) is 0. The number of nitrogens with zero attached hydrogens (tertiary/aromatic N) is 4. The minimum atomic E-state index is 0. The molecule has 4 nitrogen and oxygen atoms in total. The van der Waals surface area contributed by atoms with Crippen molar-refractivity contribution in [2.45, 2.75) is 51.4 Å². The van der Waals surface area contributed by atoms with E-state index in [1.807, 2.05) is 0 Å². The lowest BCUT2D eigenvalue weighted by molar-refractivity contribution is -0.894. The Hall–Kier alpha value is 0.800. The van der Waals surface area contributed by atoms with E-state index in [0.29, 0.717) is 0 Å². The molecule has 2 aliphatic rings. The van der Waals surface area contributed by atoms with Crippen LogP contribution < -0.4 is 34.0 Å². The Balaban J connectivity index is 0.00000364. The maximum atomic E-state index is 2.68. The molecule has 0 aliphatic carbocycles. The molecule has 0 amide bonds. The van der Waals surface area contributed by atoms with Crippen molar-refractivity contribution in [3.8, 4) is 0 Å². The molecular formula is C22H48Br2N4. The number of halogens is 2. The molecule has 0 spiro atoms. The normalized spacial score (nSPS) is 22.3. The van der Waals surface area contributed by atoms with E-state index in [1.165, 1.54) is 126 Å². The molecule has 170 valence electrons. The molecule has 2 rings (SSSR count). The summed E-state index contributed by atoms with van der Waals surface area (Å²) in [5.74, 6) is 0. The Morgan fingerprint density at radius 2 is 0.714 bits per heavy atom. The van der Waals surface area contributed by atoms with Gasteiger partial charge in [0.1, 0.15) is 0 Å². The van der Waals surface area contributed by atoms with Gasteiger partial charge in [-0.25, -0.2) is 0 Å². The monoisotopic (exact) mass is 526 g/mol. The third kappa shape index (κ3) is 12.5. The molecular weight excluding hydrogens is 480 g/mol. The Morgan fingerprint density at radius 3 is 1.00 bits per heavy atom. The van der Waals surface area contributed by atoms with Crippen molar-refractivity contribution in [3.63, 3.8) is 0 Å². The lowest BCUT2D eigenvalue weighted by atomic mass is 10.1. The second kappa shape index (κ2) is 14.7. The second-order valence-corrected chi connectivity index (χ2v) is 10.3. The van der Waals surface area contributed by atoms with Crippen molar-refractivity contribution >= 4 is 0 Å². The third-order valence-electron chi connectivity index (χ3n) is 6.78. The first kappa shape index (κ1) is 28.8. The molecule has 0 aromatic heterocycles. The van der Waals surface area contributed by atoms with E-state index in [9.17, 15) is 0 Å². The van der Waals surface area contributed by atoms with E-state index in [0.717, 1.165) is 0 Å². The second-order valence-electron chi connectivity index (χ2n) is 10.3. The summed E-state index contributed by atoms with van der Waals surface area (Å²) in [4.78, 5) is 5.37. The van der Waals surface area contributed by atoms with Crippen LogP contribution >= 0.6 is 0 Å². The quantitative estimate of drug-likeness (QED) is 0.207. The van der Waals surface area contributed by atoms with E-state index in [2.05, 4.69) is 38.0 Å². The third-order valence-corrected chi connectivity index (χ3v) is 6.78. The average molecular weight is 528 g/mol. The van der Waals surface area contributed by atoms with Gasteiger partial charge in [-0.3, -0.25) is 9.80 Å². The van der Waals surface area contributed by atoms with Gasteiger partial charge in [0.15, 0.2) is 0 Å². The van der Waals surface area contributed by atoms with Gasteiger partial charge < -0.3 is 42.9 Å². The van der Waals surface area contributed by atoms with Gasteiger partial charge >= 0.3 is 0 Å². The van der Waals surface area contributed by atoms with E-state index < -0.39 is 0 Å². The topological polar surface area (TPSA) is 6.48 Å². The first-order valence-electron chi connectivity index (χ1n) is 11.5. The maximum Gasteiger partial charge on any atom is 0.0912 e. The minimum Gasteiger partial charge on any atom is -1.00 e. The Bertz CT molecular complexity index is 335. The summed E-state index contributed by atoms with van der Waals surface area (Å²) >= 11 is 0. The van der Waals surface area contributed by atoms with Crippen molar-refractivity contribution < 1.29 is 42.9 Å². The number of rotatable bonds is 11. The predicted octanol–water partition coefficient (Wildman–Crippen LogP) is -3.10. The SMILES string of the molecule is C[N+]1(C)CCN(CCCCCCCCCCN2CC[N+](C)(C)CC2)CC1.[Br-].[Br-]. The molecule has 2 heterocycles. The summed E-state index contributed by atoms with van der Waals surface area (Å²) < 4.78 is 2.43. The zero-order valence-electron chi connectivity index (χ0n) is 19.3. The van der Waals surface area contributed by atoms with Crippen LogP contribution in [0.2, 0.25) is 0 Å². The van der Waals surface area contributed by atoms with E-state index in [1.54, 1.807) is 0 Å². The van der Waals surface area contributed by atoms with Crippen LogP contribution in [-0.4, -0.2) is 112 Å². The van der Waals surface area contributed by atoms with E-state index in [-0.39, 0.29) is 34.0 Å². The van der Waals surface area contributed by atoms with Gasteiger partial charge in [-0.05, 0) is 25.9 Å². The predicted molar refractivity (Wildman–Crippen MR) is 114 cm³/mol. The van der Waals surface area contributed by atoms with Gasteiger partial charge in [-0.2, -0.15) is 0 Å². The Labute approximate surface area is 197 Å². The largest absolute Gasteiger partial charge is 1.00 e. The van der Waals surface area contributed by atoms with Crippen LogP contribution in [0.1, 0.15) is 51.4 Å². The Kier molecular flexibility index (Phi) is 15.2. The lowest BCUT2D eigenvalue weighted by Gasteiger charge is -2.39. The van der Waals surface area contributed by atoms with Crippen molar-refractivity contribution in [2.24, 2.45) is 0 Å². The smallest absolute Gasteiger partial charge is 0.0912 e. The fourth-order valence-electron chi connectivity index (χ4n) is 4.27. The highest BCUT2D eigenvalue weighted by Crippen LogP contribution is 2.12. The molecule has 28 heavy (non-hydrogen) atoms. The highest BCUT2D eigenvalue weighted by molar-refractivity contribution is 4.63. The van der Waals surface area contributed by atoms with Crippen LogP contribution in [-0.2, 0) is 0 Å². The lowest BCUT2D eigenvalue weighted by Crippen LogP contribution is -3.00. The fraction of sp³-hybridized carbons (Fsp3) is 1.00. The van der Waals surface area contributed by atoms with Crippen LogP contribution in [0.4, 0.5) is 0 Å². The van der Waals surface area contributed by atoms with Crippen molar-refractivity contribution in [1.82, 2.24) is 9.80 Å². The van der Waals surface area contributed by atoms with Crippen molar-refractivity contribution in [1.29, 1.82) is 0 Å². The standard InChI is InChI=1S/C22H48N4.2BrH/c1-25(2)19-15-23(16-20-25)13-11-9-7-5-6-8-10-12-14-24-17-21-26(3,4)22-18-24;;/h5-22H2,1-4H3;2*1H/q+2;;/p-2. The zero-order chi connectivity index (χ0) is 18.9. The maximum absolute atomic E-state index is 2.68. The van der Waals surface area contributed by atoms with Gasteiger partial charge in [0.25, 0.3) is 0 Å². The summed E-state index contributed by atoms with van der Waals surface area (Å²) in [6.45, 7) is 13.2. The molecule has 2 aliphatic heterocycles. The molecule has 0 bridgehead atoms. The molecule has 0 radical (unpaired) electrons. The number of likely N-dealkylation sites (N-methyl/N-ethyl adjacent to an activating group) is 2. The van der Waals surface area contributed by atoms with E-state index >= 15 is 0 Å². The van der Waals surface area contributed by atoms with Crippen LogP contribution in [0.5, 0.6) is 0 Å². The highest BCUT2D eigenvalue weighted by Gasteiger charge is 2.24. The molecule has 0 unspecified atom stereocenters. The van der Waals surface area contributed by atoms with Crippen molar-refractivity contribution in [2.75, 3.05) is 93.6 Å². The summed E-state index contributed by atoms with van der Waals surface area (Å²) in [7, 11) is 9.46. The van der Waals surface area contributed by atoms with Gasteiger partial charge in [-0.15, -0.1) is 0 Å². The number of hydrogen-bond donors (Lipinski definition) is 0. The number of unbranched alkanes of at least 4 members (excludes halogenated alkanes) is 7. The van der Waals surface area contributed by atoms with Crippen LogP contribution in [0.15, 0.2) is 0 Å². The van der Waals surface area contributed by atoms with Crippen LogP contribution in [0, 0.1) is 0 Å². The summed E-state index contributed by atoms with van der Waals surface area (Å²) in [6.07, 6.45) is 11.5. The average Bonchev–Trinajstić information content (AvgIpc) is 2.59. The summed E-state index contributed by atoms with van der Waals surface area (Å²) in [6, 6.07) is 0. The van der Waals surface area contributed by atoms with Crippen LogP contribution in [0.3, 0.4) is 0 Å². The van der Waals surface area contributed by atoms with Crippen LogP contribution in [0.25, 0.3) is 0 Å². The number of hydrogen-bond acceptors (Lipinski definition) is 2. The van der Waals surface area contributed by atoms with Gasteiger partial charge in [-0.1, -0.05) is 38.5 Å².